The summed E-state index contributed by atoms with van der Waals surface area (Å²) in [6.45, 7) is 1.32. The normalized spacial score (nSPS) is 19.5. The van der Waals surface area contributed by atoms with Gasteiger partial charge < -0.3 is 10.2 Å². The largest absolute Gasteiger partial charge is 0.306 e. The van der Waals surface area contributed by atoms with Gasteiger partial charge in [-0.25, -0.2) is 0 Å². The first-order valence-electron chi connectivity index (χ1n) is 10.2. The minimum atomic E-state index is -0.128. The molecule has 1 N–H and O–H groups in total. The van der Waals surface area contributed by atoms with E-state index in [9.17, 15) is 4.79 Å². The number of carbonyl (C=O) groups is 1. The van der Waals surface area contributed by atoms with Crippen molar-refractivity contribution >= 4 is 11.6 Å². The molecule has 2 fully saturated rings. The highest BCUT2D eigenvalue weighted by Crippen LogP contribution is 2.32. The molecule has 144 valence electrons. The second-order valence-corrected chi connectivity index (χ2v) is 7.80. The topological polar surface area (TPSA) is 69.0 Å². The van der Waals surface area contributed by atoms with E-state index in [4.69, 9.17) is 5.26 Å². The Bertz CT molecular complexity index is 844. The molecular formula is C23H26N4O. The molecule has 1 amide bonds. The van der Waals surface area contributed by atoms with Gasteiger partial charge in [-0.15, -0.1) is 0 Å². The Hall–Kier alpha value is -2.71. The summed E-state index contributed by atoms with van der Waals surface area (Å²) in [7, 11) is 0. The number of nitrogens with zero attached hydrogens (tertiary/aromatic N) is 3. The minimum absolute atomic E-state index is 0.0640. The number of carbonyl (C=O) groups excluding carboxylic acids is 1. The standard InChI is InChI=1S/C23H26N4O/c24-14-17-6-10-21(11-7-17)27(23(28)22-12-13-25-22)16-20-9-8-19(15-26-20)18-4-2-1-3-5-18/h6-11,15,18,22,25H,1-5,12-13,16H2. The van der Waals surface area contributed by atoms with Crippen molar-refractivity contribution in [1.29, 1.82) is 5.26 Å². The van der Waals surface area contributed by atoms with E-state index in [2.05, 4.69) is 28.5 Å². The van der Waals surface area contributed by atoms with Gasteiger partial charge in [-0.05, 0) is 67.6 Å². The summed E-state index contributed by atoms with van der Waals surface area (Å²) in [5.41, 5.74) is 3.60. The molecule has 1 saturated heterocycles. The minimum Gasteiger partial charge on any atom is -0.306 e. The molecule has 2 heterocycles. The smallest absolute Gasteiger partial charge is 0.244 e. The molecule has 0 spiro atoms. The Morgan fingerprint density at radius 2 is 1.86 bits per heavy atom. The van der Waals surface area contributed by atoms with E-state index >= 15 is 0 Å². The lowest BCUT2D eigenvalue weighted by atomic mass is 9.85. The van der Waals surface area contributed by atoms with Gasteiger partial charge in [0.15, 0.2) is 0 Å². The van der Waals surface area contributed by atoms with Crippen molar-refractivity contribution in [2.45, 2.75) is 57.0 Å². The van der Waals surface area contributed by atoms with E-state index in [0.29, 0.717) is 18.0 Å². The average Bonchev–Trinajstić information content (AvgIpc) is 2.72. The fourth-order valence-corrected chi connectivity index (χ4v) is 4.07. The molecule has 5 nitrogen and oxygen atoms in total. The van der Waals surface area contributed by atoms with Crippen LogP contribution in [0.15, 0.2) is 42.6 Å². The van der Waals surface area contributed by atoms with Crippen LogP contribution < -0.4 is 10.2 Å². The highest BCUT2D eigenvalue weighted by Gasteiger charge is 2.30. The zero-order valence-electron chi connectivity index (χ0n) is 16.1. The van der Waals surface area contributed by atoms with Crippen LogP contribution in [0.3, 0.4) is 0 Å². The average molecular weight is 374 g/mol. The highest BCUT2D eigenvalue weighted by atomic mass is 16.2. The monoisotopic (exact) mass is 374 g/mol. The van der Waals surface area contributed by atoms with E-state index in [1.807, 2.05) is 18.3 Å². The summed E-state index contributed by atoms with van der Waals surface area (Å²) in [6, 6.07) is 13.4. The molecule has 0 radical (unpaired) electrons. The maximum absolute atomic E-state index is 13.0. The second kappa shape index (κ2) is 8.53. The first-order chi connectivity index (χ1) is 13.7. The SMILES string of the molecule is N#Cc1ccc(N(Cc2ccc(C3CCCCC3)cn2)C(=O)C2CCN2)cc1. The molecule has 1 aromatic carbocycles. The van der Waals surface area contributed by atoms with Gasteiger partial charge in [-0.1, -0.05) is 25.3 Å². The lowest BCUT2D eigenvalue weighted by molar-refractivity contribution is -0.122. The van der Waals surface area contributed by atoms with E-state index in [1.54, 1.807) is 17.0 Å². The van der Waals surface area contributed by atoms with Gasteiger partial charge in [0.1, 0.15) is 0 Å². The lowest BCUT2D eigenvalue weighted by Crippen LogP contribution is -2.54. The van der Waals surface area contributed by atoms with E-state index in [-0.39, 0.29) is 11.9 Å². The maximum Gasteiger partial charge on any atom is 0.244 e. The van der Waals surface area contributed by atoms with Gasteiger partial charge in [-0.2, -0.15) is 5.26 Å². The molecule has 2 aliphatic rings. The van der Waals surface area contributed by atoms with Gasteiger partial charge in [-0.3, -0.25) is 9.78 Å². The maximum atomic E-state index is 13.0. The molecule has 28 heavy (non-hydrogen) atoms. The third-order valence-corrected chi connectivity index (χ3v) is 5.94. The number of pyridine rings is 1. The highest BCUT2D eigenvalue weighted by molar-refractivity contribution is 5.97. The number of anilines is 1. The van der Waals surface area contributed by atoms with Crippen molar-refractivity contribution in [2.24, 2.45) is 0 Å². The number of nitriles is 1. The Morgan fingerprint density at radius 3 is 2.43 bits per heavy atom. The van der Waals surface area contributed by atoms with Crippen molar-refractivity contribution in [3.05, 3.63) is 59.4 Å². The third-order valence-electron chi connectivity index (χ3n) is 5.94. The quantitative estimate of drug-likeness (QED) is 0.862. The van der Waals surface area contributed by atoms with Crippen LogP contribution in [0.25, 0.3) is 0 Å². The van der Waals surface area contributed by atoms with Gasteiger partial charge >= 0.3 is 0 Å². The zero-order chi connectivity index (χ0) is 19.3. The Morgan fingerprint density at radius 1 is 1.11 bits per heavy atom. The molecule has 1 aliphatic heterocycles. The van der Waals surface area contributed by atoms with Crippen LogP contribution in [0.4, 0.5) is 5.69 Å². The molecule has 1 aliphatic carbocycles. The number of hydrogen-bond donors (Lipinski definition) is 1. The number of benzene rings is 1. The van der Waals surface area contributed by atoms with Crippen molar-refractivity contribution < 1.29 is 4.79 Å². The lowest BCUT2D eigenvalue weighted by Gasteiger charge is -2.32. The summed E-state index contributed by atoms with van der Waals surface area (Å²) in [5, 5.41) is 12.2. The molecule has 1 unspecified atom stereocenters. The van der Waals surface area contributed by atoms with Crippen molar-refractivity contribution in [1.82, 2.24) is 10.3 Å². The first-order valence-corrected chi connectivity index (χ1v) is 10.2. The van der Waals surface area contributed by atoms with Gasteiger partial charge in [0.25, 0.3) is 0 Å². The van der Waals surface area contributed by atoms with Crippen molar-refractivity contribution in [3.8, 4) is 6.07 Å². The Kier molecular flexibility index (Phi) is 5.68. The number of nitrogens with one attached hydrogen (secondary N) is 1. The molecular weight excluding hydrogens is 348 g/mol. The summed E-state index contributed by atoms with van der Waals surface area (Å²) in [4.78, 5) is 19.4. The Labute approximate surface area is 166 Å². The molecule has 1 saturated carbocycles. The van der Waals surface area contributed by atoms with Gasteiger partial charge in [0.05, 0.1) is 29.9 Å². The van der Waals surface area contributed by atoms with Crippen LogP contribution >= 0.6 is 0 Å². The summed E-state index contributed by atoms with van der Waals surface area (Å²) in [5.74, 6) is 0.694. The van der Waals surface area contributed by atoms with Crippen LogP contribution in [0, 0.1) is 11.3 Å². The van der Waals surface area contributed by atoms with E-state index in [1.165, 1.54) is 37.7 Å². The Balaban J connectivity index is 1.52. The molecule has 5 heteroatoms. The third kappa shape index (κ3) is 4.07. The van der Waals surface area contributed by atoms with Crippen LogP contribution in [0.5, 0.6) is 0 Å². The fourth-order valence-electron chi connectivity index (χ4n) is 4.07. The molecule has 4 rings (SSSR count). The number of hydrogen-bond acceptors (Lipinski definition) is 4. The van der Waals surface area contributed by atoms with E-state index < -0.39 is 0 Å². The summed E-state index contributed by atoms with van der Waals surface area (Å²) in [6.07, 6.45) is 9.32. The predicted octanol–water partition coefficient (Wildman–Crippen LogP) is 3.90. The van der Waals surface area contributed by atoms with Crippen molar-refractivity contribution in [2.75, 3.05) is 11.4 Å². The predicted molar refractivity (Wildman–Crippen MR) is 109 cm³/mol. The fraction of sp³-hybridized carbons (Fsp3) is 0.435. The number of aromatic nitrogens is 1. The van der Waals surface area contributed by atoms with Crippen molar-refractivity contribution in [3.63, 3.8) is 0 Å². The van der Waals surface area contributed by atoms with Crippen LogP contribution in [-0.2, 0) is 11.3 Å². The molecule has 1 aromatic heterocycles. The molecule has 1 atom stereocenters. The molecule has 0 bridgehead atoms. The van der Waals surface area contributed by atoms with Gasteiger partial charge in [0, 0.05) is 11.9 Å². The van der Waals surface area contributed by atoms with E-state index in [0.717, 1.165) is 24.3 Å². The molecule has 2 aromatic rings. The zero-order valence-corrected chi connectivity index (χ0v) is 16.1. The number of rotatable bonds is 5. The van der Waals surface area contributed by atoms with Crippen LogP contribution in [-0.4, -0.2) is 23.5 Å². The summed E-state index contributed by atoms with van der Waals surface area (Å²) < 4.78 is 0. The van der Waals surface area contributed by atoms with Crippen LogP contribution in [0.1, 0.15) is 61.3 Å². The van der Waals surface area contributed by atoms with Gasteiger partial charge in [0.2, 0.25) is 5.91 Å². The first kappa shape index (κ1) is 18.6. The second-order valence-electron chi connectivity index (χ2n) is 7.80. The number of amides is 1. The van der Waals surface area contributed by atoms with Crippen LogP contribution in [0.2, 0.25) is 0 Å². The summed E-state index contributed by atoms with van der Waals surface area (Å²) >= 11 is 0.